The summed E-state index contributed by atoms with van der Waals surface area (Å²) in [6.45, 7) is 4.50. The van der Waals surface area contributed by atoms with E-state index in [0.717, 1.165) is 18.7 Å². The van der Waals surface area contributed by atoms with Gasteiger partial charge in [0.25, 0.3) is 5.91 Å². The highest BCUT2D eigenvalue weighted by atomic mass is 16.5. The molecule has 26 heavy (non-hydrogen) atoms. The lowest BCUT2D eigenvalue weighted by atomic mass is 10.2. The van der Waals surface area contributed by atoms with Crippen LogP contribution in [-0.2, 0) is 11.3 Å². The molecular formula is C21H26N2O3. The minimum absolute atomic E-state index is 0.142. The van der Waals surface area contributed by atoms with Crippen LogP contribution in [0.4, 0.5) is 5.69 Å². The quantitative estimate of drug-likeness (QED) is 0.828. The maximum absolute atomic E-state index is 12.3. The fourth-order valence-corrected chi connectivity index (χ4v) is 3.06. The first-order valence-corrected chi connectivity index (χ1v) is 9.08. The highest BCUT2D eigenvalue weighted by Crippen LogP contribution is 2.21. The molecule has 2 aromatic carbocycles. The molecule has 5 nitrogen and oxygen atoms in total. The molecule has 1 saturated heterocycles. The lowest BCUT2D eigenvalue weighted by Gasteiger charge is -2.18. The summed E-state index contributed by atoms with van der Waals surface area (Å²) < 4.78 is 10.9. The van der Waals surface area contributed by atoms with Gasteiger partial charge in [-0.25, -0.2) is 0 Å². The summed E-state index contributed by atoms with van der Waals surface area (Å²) >= 11 is 0. The summed E-state index contributed by atoms with van der Waals surface area (Å²) in [6.07, 6.45) is 1.96. The van der Waals surface area contributed by atoms with E-state index in [2.05, 4.69) is 34.5 Å². The molecule has 1 atom stereocenters. The predicted molar refractivity (Wildman–Crippen MR) is 103 cm³/mol. The van der Waals surface area contributed by atoms with Gasteiger partial charge in [-0.2, -0.15) is 0 Å². The van der Waals surface area contributed by atoms with E-state index in [1.54, 1.807) is 20.1 Å². The topological polar surface area (TPSA) is 50.8 Å². The van der Waals surface area contributed by atoms with E-state index in [-0.39, 0.29) is 5.91 Å². The van der Waals surface area contributed by atoms with E-state index in [0.29, 0.717) is 18.0 Å². The number of hydrogen-bond acceptors (Lipinski definition) is 4. The van der Waals surface area contributed by atoms with Gasteiger partial charge in [0.1, 0.15) is 11.5 Å². The lowest BCUT2D eigenvalue weighted by molar-refractivity contribution is -0.127. The maximum Gasteiger partial charge on any atom is 0.261 e. The predicted octanol–water partition coefficient (Wildman–Crippen LogP) is 3.38. The average Bonchev–Trinajstić information content (AvgIpc) is 3.21. The van der Waals surface area contributed by atoms with Crippen LogP contribution in [0.5, 0.6) is 11.5 Å². The number of carbonyl (C=O) groups excluding carboxylic acids is 1. The number of carbonyl (C=O) groups is 1. The summed E-state index contributed by atoms with van der Waals surface area (Å²) in [5, 5.41) is 2.93. The average molecular weight is 354 g/mol. The molecule has 2 aromatic rings. The largest absolute Gasteiger partial charge is 0.497 e. The molecule has 0 radical (unpaired) electrons. The van der Waals surface area contributed by atoms with Crippen LogP contribution in [0.15, 0.2) is 48.5 Å². The number of methoxy groups -OCH3 is 1. The van der Waals surface area contributed by atoms with Crippen LogP contribution in [0, 0.1) is 0 Å². The highest BCUT2D eigenvalue weighted by Gasteiger charge is 2.15. The number of rotatable bonds is 7. The van der Waals surface area contributed by atoms with Crippen LogP contribution >= 0.6 is 0 Å². The molecule has 1 fully saturated rings. The van der Waals surface area contributed by atoms with Gasteiger partial charge in [0.15, 0.2) is 6.10 Å². The van der Waals surface area contributed by atoms with Gasteiger partial charge < -0.3 is 19.7 Å². The van der Waals surface area contributed by atoms with E-state index in [1.807, 2.05) is 18.2 Å². The Labute approximate surface area is 154 Å². The smallest absolute Gasteiger partial charge is 0.261 e. The second kappa shape index (κ2) is 8.61. The van der Waals surface area contributed by atoms with Gasteiger partial charge in [-0.05, 0) is 49.6 Å². The Morgan fingerprint density at radius 2 is 1.81 bits per heavy atom. The Hall–Kier alpha value is -2.69. The maximum atomic E-state index is 12.3. The molecule has 1 aliphatic heterocycles. The molecule has 0 spiro atoms. The van der Waals surface area contributed by atoms with Gasteiger partial charge in [0.05, 0.1) is 7.11 Å². The third kappa shape index (κ3) is 4.69. The van der Waals surface area contributed by atoms with Crippen molar-refractivity contribution in [3.8, 4) is 11.5 Å². The third-order valence-corrected chi connectivity index (χ3v) is 4.60. The molecule has 3 rings (SSSR count). The number of benzene rings is 2. The Morgan fingerprint density at radius 3 is 2.50 bits per heavy atom. The zero-order valence-corrected chi connectivity index (χ0v) is 15.4. The zero-order valence-electron chi connectivity index (χ0n) is 15.4. The molecule has 0 aliphatic carbocycles. The summed E-state index contributed by atoms with van der Waals surface area (Å²) in [5.74, 6) is 1.17. The zero-order chi connectivity index (χ0) is 18.4. The summed E-state index contributed by atoms with van der Waals surface area (Å²) in [5.41, 5.74) is 2.34. The van der Waals surface area contributed by atoms with Gasteiger partial charge in [0, 0.05) is 31.4 Å². The molecule has 1 N–H and O–H groups in total. The van der Waals surface area contributed by atoms with Crippen molar-refractivity contribution in [1.82, 2.24) is 5.32 Å². The molecule has 138 valence electrons. The van der Waals surface area contributed by atoms with Crippen LogP contribution < -0.4 is 19.7 Å². The molecule has 0 bridgehead atoms. The SMILES string of the molecule is COc1cccc(O[C@H](C)C(=O)NCc2ccc(N3CCCC3)cc2)c1. The number of anilines is 1. The number of ether oxygens (including phenoxy) is 2. The van der Waals surface area contributed by atoms with Gasteiger partial charge in [-0.15, -0.1) is 0 Å². The summed E-state index contributed by atoms with van der Waals surface area (Å²) in [4.78, 5) is 14.7. The number of nitrogens with one attached hydrogen (secondary N) is 1. The first kappa shape index (κ1) is 18.1. The Balaban J connectivity index is 1.49. The van der Waals surface area contributed by atoms with Crippen molar-refractivity contribution < 1.29 is 14.3 Å². The summed E-state index contributed by atoms with van der Waals surface area (Å²) in [6, 6.07) is 15.6. The van der Waals surface area contributed by atoms with E-state index >= 15 is 0 Å². The van der Waals surface area contributed by atoms with Crippen molar-refractivity contribution in [3.05, 3.63) is 54.1 Å². The fourth-order valence-electron chi connectivity index (χ4n) is 3.06. The molecular weight excluding hydrogens is 328 g/mol. The van der Waals surface area contributed by atoms with Gasteiger partial charge in [-0.1, -0.05) is 18.2 Å². The van der Waals surface area contributed by atoms with Gasteiger partial charge in [-0.3, -0.25) is 4.79 Å². The fraction of sp³-hybridized carbons (Fsp3) is 0.381. The minimum Gasteiger partial charge on any atom is -0.497 e. The standard InChI is InChI=1S/C21H26N2O3/c1-16(26-20-7-5-6-19(14-20)25-2)21(24)22-15-17-8-10-18(11-9-17)23-12-3-4-13-23/h5-11,14,16H,3-4,12-13,15H2,1-2H3,(H,22,24)/t16-/m1/s1. The molecule has 0 saturated carbocycles. The van der Waals surface area contributed by atoms with Gasteiger partial charge in [0.2, 0.25) is 0 Å². The van der Waals surface area contributed by atoms with Gasteiger partial charge >= 0.3 is 0 Å². The van der Waals surface area contributed by atoms with Crippen LogP contribution in [0.25, 0.3) is 0 Å². The molecule has 1 aliphatic rings. The van der Waals surface area contributed by atoms with Crippen molar-refractivity contribution in [2.75, 3.05) is 25.1 Å². The molecule has 1 heterocycles. The van der Waals surface area contributed by atoms with Crippen molar-refractivity contribution in [1.29, 1.82) is 0 Å². The Bertz CT molecular complexity index is 724. The normalized spacial score (nSPS) is 14.8. The second-order valence-corrected chi connectivity index (χ2v) is 6.52. The molecule has 1 amide bonds. The summed E-state index contributed by atoms with van der Waals surface area (Å²) in [7, 11) is 1.60. The van der Waals surface area contributed by atoms with Crippen molar-refractivity contribution in [2.45, 2.75) is 32.4 Å². The molecule has 0 unspecified atom stereocenters. The van der Waals surface area contributed by atoms with Crippen molar-refractivity contribution in [2.24, 2.45) is 0 Å². The van der Waals surface area contributed by atoms with E-state index in [4.69, 9.17) is 9.47 Å². The first-order valence-electron chi connectivity index (χ1n) is 9.08. The van der Waals surface area contributed by atoms with Crippen molar-refractivity contribution >= 4 is 11.6 Å². The number of nitrogens with zero attached hydrogens (tertiary/aromatic N) is 1. The van der Waals surface area contributed by atoms with Crippen LogP contribution in [0.1, 0.15) is 25.3 Å². The Kier molecular flexibility index (Phi) is 6.00. The first-order chi connectivity index (χ1) is 12.7. The highest BCUT2D eigenvalue weighted by molar-refractivity contribution is 5.80. The van der Waals surface area contributed by atoms with E-state index in [9.17, 15) is 4.79 Å². The number of amides is 1. The molecule has 5 heteroatoms. The van der Waals surface area contributed by atoms with Crippen LogP contribution in [0.3, 0.4) is 0 Å². The van der Waals surface area contributed by atoms with Crippen molar-refractivity contribution in [3.63, 3.8) is 0 Å². The monoisotopic (exact) mass is 354 g/mol. The number of hydrogen-bond donors (Lipinski definition) is 1. The van der Waals surface area contributed by atoms with E-state index in [1.165, 1.54) is 18.5 Å². The van der Waals surface area contributed by atoms with Crippen LogP contribution in [0.2, 0.25) is 0 Å². The minimum atomic E-state index is -0.578. The van der Waals surface area contributed by atoms with Crippen LogP contribution in [-0.4, -0.2) is 32.2 Å². The lowest BCUT2D eigenvalue weighted by Crippen LogP contribution is -2.35. The Morgan fingerprint density at radius 1 is 1.12 bits per heavy atom. The van der Waals surface area contributed by atoms with E-state index < -0.39 is 6.10 Å². The third-order valence-electron chi connectivity index (χ3n) is 4.60. The molecule has 0 aromatic heterocycles. The second-order valence-electron chi connectivity index (χ2n) is 6.52.